The second kappa shape index (κ2) is 13.6. The first kappa shape index (κ1) is 23.9. The lowest BCUT2D eigenvalue weighted by Crippen LogP contribution is -2.47. The van der Waals surface area contributed by atoms with Crippen molar-refractivity contribution in [1.82, 2.24) is 10.2 Å². The average molecular weight is 432 g/mol. The summed E-state index contributed by atoms with van der Waals surface area (Å²) in [5, 5.41) is 3.47. The number of benzene rings is 1. The molecule has 2 saturated heterocycles. The number of nitrogens with zero attached hydrogens (tertiary/aromatic N) is 2. The largest absolute Gasteiger partial charge is 0.497 e. The number of piperidine rings is 1. The smallest absolute Gasteiger partial charge is 0.193 e. The fraction of sp³-hybridized carbons (Fsp3) is 0.720. The number of nitrogens with one attached hydrogen (secondary N) is 1. The molecule has 2 aliphatic rings. The summed E-state index contributed by atoms with van der Waals surface area (Å²) in [6.45, 7) is 7.58. The van der Waals surface area contributed by atoms with E-state index < -0.39 is 0 Å². The molecule has 31 heavy (non-hydrogen) atoms. The van der Waals surface area contributed by atoms with Gasteiger partial charge in [0.1, 0.15) is 5.75 Å². The van der Waals surface area contributed by atoms with Gasteiger partial charge in [0.15, 0.2) is 5.96 Å². The van der Waals surface area contributed by atoms with Crippen LogP contribution >= 0.6 is 0 Å². The third-order valence-corrected chi connectivity index (χ3v) is 6.16. The quantitative estimate of drug-likeness (QED) is 0.344. The minimum Gasteiger partial charge on any atom is -0.497 e. The van der Waals surface area contributed by atoms with Gasteiger partial charge in [-0.25, -0.2) is 0 Å². The molecule has 0 amide bonds. The standard InChI is InChI=1S/C25H41N3O3/c1-3-26-25(27-16-6-4-8-21-10-12-22(29-2)13-11-21)28-17-14-23(15-18-28)31-20-24-9-5-7-19-30-24/h10-13,23-24H,3-9,14-20H2,1-2H3,(H,26,27). The Hall–Kier alpha value is -1.79. The van der Waals surface area contributed by atoms with Gasteiger partial charge in [-0.1, -0.05) is 12.1 Å². The summed E-state index contributed by atoms with van der Waals surface area (Å²) in [7, 11) is 1.71. The first-order valence-corrected chi connectivity index (χ1v) is 12.2. The van der Waals surface area contributed by atoms with Crippen LogP contribution < -0.4 is 10.1 Å². The van der Waals surface area contributed by atoms with Gasteiger partial charge in [-0.2, -0.15) is 0 Å². The molecule has 2 aliphatic heterocycles. The summed E-state index contributed by atoms with van der Waals surface area (Å²) in [6, 6.07) is 8.37. The molecule has 174 valence electrons. The van der Waals surface area contributed by atoms with Crippen molar-refractivity contribution < 1.29 is 14.2 Å². The second-order valence-corrected chi connectivity index (χ2v) is 8.55. The molecule has 0 saturated carbocycles. The molecule has 1 N–H and O–H groups in total. The van der Waals surface area contributed by atoms with E-state index in [-0.39, 0.29) is 0 Å². The molecule has 3 rings (SSSR count). The first-order valence-electron chi connectivity index (χ1n) is 12.2. The van der Waals surface area contributed by atoms with Crippen LogP contribution in [0.1, 0.15) is 57.4 Å². The van der Waals surface area contributed by atoms with Crippen LogP contribution in [-0.4, -0.2) is 69.6 Å². The molecule has 1 atom stereocenters. The Balaban J connectivity index is 1.34. The lowest BCUT2D eigenvalue weighted by Gasteiger charge is -2.35. The predicted molar refractivity (Wildman–Crippen MR) is 126 cm³/mol. The summed E-state index contributed by atoms with van der Waals surface area (Å²) in [5.41, 5.74) is 1.36. The van der Waals surface area contributed by atoms with E-state index in [1.54, 1.807) is 7.11 Å². The van der Waals surface area contributed by atoms with Gasteiger partial charge in [-0.3, -0.25) is 4.99 Å². The molecule has 1 aromatic rings. The molecule has 6 heteroatoms. The third-order valence-electron chi connectivity index (χ3n) is 6.16. The van der Waals surface area contributed by atoms with Crippen LogP contribution in [0, 0.1) is 0 Å². The van der Waals surface area contributed by atoms with Crippen LogP contribution in [0.15, 0.2) is 29.3 Å². The predicted octanol–water partition coefficient (Wildman–Crippen LogP) is 4.03. The zero-order chi connectivity index (χ0) is 21.7. The molecule has 0 spiro atoms. The summed E-state index contributed by atoms with van der Waals surface area (Å²) in [4.78, 5) is 7.28. The molecule has 0 bridgehead atoms. The summed E-state index contributed by atoms with van der Waals surface area (Å²) in [6.07, 6.45) is 9.74. The number of likely N-dealkylation sites (tertiary alicyclic amines) is 1. The lowest BCUT2D eigenvalue weighted by atomic mass is 10.1. The Labute approximate surface area is 188 Å². The van der Waals surface area contributed by atoms with Crippen molar-refractivity contribution in [2.24, 2.45) is 4.99 Å². The van der Waals surface area contributed by atoms with Crippen LogP contribution in [0.2, 0.25) is 0 Å². The van der Waals surface area contributed by atoms with Gasteiger partial charge in [0.2, 0.25) is 0 Å². The Morgan fingerprint density at radius 1 is 1.13 bits per heavy atom. The molecule has 0 aromatic heterocycles. The monoisotopic (exact) mass is 431 g/mol. The van der Waals surface area contributed by atoms with E-state index in [1.165, 1.54) is 18.4 Å². The third kappa shape index (κ3) is 8.34. The SMILES string of the molecule is CCNC(=NCCCCc1ccc(OC)cc1)N1CCC(OCC2CCCCO2)CC1. The van der Waals surface area contributed by atoms with Gasteiger partial charge in [0, 0.05) is 32.8 Å². The van der Waals surface area contributed by atoms with Crippen molar-refractivity contribution in [3.05, 3.63) is 29.8 Å². The van der Waals surface area contributed by atoms with Crippen LogP contribution in [-0.2, 0) is 15.9 Å². The highest BCUT2D eigenvalue weighted by Gasteiger charge is 2.23. The van der Waals surface area contributed by atoms with Crippen molar-refractivity contribution in [2.45, 2.75) is 70.5 Å². The molecule has 2 heterocycles. The van der Waals surface area contributed by atoms with Crippen LogP contribution in [0.3, 0.4) is 0 Å². The molecule has 6 nitrogen and oxygen atoms in total. The second-order valence-electron chi connectivity index (χ2n) is 8.55. The maximum atomic E-state index is 6.16. The number of unbranched alkanes of at least 4 members (excludes halogenated alkanes) is 1. The van der Waals surface area contributed by atoms with Crippen molar-refractivity contribution in [3.63, 3.8) is 0 Å². The summed E-state index contributed by atoms with van der Waals surface area (Å²) in [5.74, 6) is 1.97. The molecule has 1 aromatic carbocycles. The number of hydrogen-bond donors (Lipinski definition) is 1. The van der Waals surface area contributed by atoms with Gasteiger partial charge in [-0.05, 0) is 76.0 Å². The fourth-order valence-electron chi connectivity index (χ4n) is 4.26. The van der Waals surface area contributed by atoms with E-state index in [9.17, 15) is 0 Å². The molecule has 0 aliphatic carbocycles. The molecule has 1 unspecified atom stereocenters. The normalized spacial score (nSPS) is 20.6. The maximum absolute atomic E-state index is 6.16. The van der Waals surface area contributed by atoms with E-state index in [0.717, 1.165) is 89.6 Å². The molecule has 0 radical (unpaired) electrons. The lowest BCUT2D eigenvalue weighted by molar-refractivity contribution is -0.0721. The van der Waals surface area contributed by atoms with Crippen molar-refractivity contribution in [1.29, 1.82) is 0 Å². The minimum atomic E-state index is 0.309. The average Bonchev–Trinajstić information content (AvgIpc) is 2.83. The van der Waals surface area contributed by atoms with Gasteiger partial charge >= 0.3 is 0 Å². The van der Waals surface area contributed by atoms with E-state index in [1.807, 2.05) is 12.1 Å². The number of rotatable bonds is 10. The van der Waals surface area contributed by atoms with E-state index in [0.29, 0.717) is 12.2 Å². The minimum absolute atomic E-state index is 0.309. The van der Waals surface area contributed by atoms with Crippen molar-refractivity contribution >= 4 is 5.96 Å². The molecular weight excluding hydrogens is 390 g/mol. The fourth-order valence-corrected chi connectivity index (χ4v) is 4.26. The van der Waals surface area contributed by atoms with Crippen LogP contribution in [0.25, 0.3) is 0 Å². The zero-order valence-electron chi connectivity index (χ0n) is 19.5. The number of methoxy groups -OCH3 is 1. The molecule has 2 fully saturated rings. The van der Waals surface area contributed by atoms with Gasteiger partial charge in [0.05, 0.1) is 25.9 Å². The van der Waals surface area contributed by atoms with E-state index >= 15 is 0 Å². The Morgan fingerprint density at radius 2 is 1.94 bits per heavy atom. The van der Waals surface area contributed by atoms with Gasteiger partial charge in [0.25, 0.3) is 0 Å². The van der Waals surface area contributed by atoms with Crippen LogP contribution in [0.4, 0.5) is 0 Å². The maximum Gasteiger partial charge on any atom is 0.193 e. The summed E-state index contributed by atoms with van der Waals surface area (Å²) >= 11 is 0. The Morgan fingerprint density at radius 3 is 2.61 bits per heavy atom. The highest BCUT2D eigenvalue weighted by atomic mass is 16.5. The van der Waals surface area contributed by atoms with Crippen LogP contribution in [0.5, 0.6) is 5.75 Å². The van der Waals surface area contributed by atoms with E-state index in [2.05, 4.69) is 29.3 Å². The highest BCUT2D eigenvalue weighted by molar-refractivity contribution is 5.80. The number of guanidine groups is 1. The number of ether oxygens (including phenoxy) is 3. The topological polar surface area (TPSA) is 55.3 Å². The first-order chi connectivity index (χ1) is 15.3. The Bertz CT molecular complexity index is 636. The molecular formula is C25H41N3O3. The van der Waals surface area contributed by atoms with Gasteiger partial charge in [-0.15, -0.1) is 0 Å². The highest BCUT2D eigenvalue weighted by Crippen LogP contribution is 2.18. The van der Waals surface area contributed by atoms with E-state index in [4.69, 9.17) is 19.2 Å². The summed E-state index contributed by atoms with van der Waals surface area (Å²) < 4.78 is 17.2. The number of hydrogen-bond acceptors (Lipinski definition) is 4. The van der Waals surface area contributed by atoms with Crippen molar-refractivity contribution in [3.8, 4) is 5.75 Å². The van der Waals surface area contributed by atoms with Crippen molar-refractivity contribution in [2.75, 3.05) is 46.5 Å². The van der Waals surface area contributed by atoms with Gasteiger partial charge < -0.3 is 24.4 Å². The number of aliphatic imine (C=N–C) groups is 1. The Kier molecular flexibility index (Phi) is 10.5. The zero-order valence-corrected chi connectivity index (χ0v) is 19.5. The number of aryl methyl sites for hydroxylation is 1.